The fourth-order valence-corrected chi connectivity index (χ4v) is 1.12. The highest BCUT2D eigenvalue weighted by molar-refractivity contribution is 5.68. The van der Waals surface area contributed by atoms with E-state index in [9.17, 15) is 10.1 Å². The van der Waals surface area contributed by atoms with E-state index in [-0.39, 0.29) is 17.2 Å². The van der Waals surface area contributed by atoms with Crippen molar-refractivity contribution >= 4 is 11.4 Å². The van der Waals surface area contributed by atoms with Gasteiger partial charge in [0, 0.05) is 11.6 Å². The van der Waals surface area contributed by atoms with E-state index in [0.29, 0.717) is 5.56 Å². The van der Waals surface area contributed by atoms with E-state index in [1.807, 2.05) is 0 Å². The minimum atomic E-state index is -0.557. The highest BCUT2D eigenvalue weighted by Crippen LogP contribution is 2.26. The molecule has 3 N–H and O–H groups in total. The number of nitrogens with zero attached hydrogens (tertiary/aromatic N) is 4. The molecule has 0 amide bonds. The molecule has 76 valence electrons. The van der Waals surface area contributed by atoms with E-state index >= 15 is 0 Å². The summed E-state index contributed by atoms with van der Waals surface area (Å²) in [6, 6.07) is 4.33. The molecule has 0 aliphatic carbocycles. The average Bonchev–Trinajstić information content (AvgIpc) is 2.71. The number of H-pyrrole nitrogens is 1. The van der Waals surface area contributed by atoms with Crippen molar-refractivity contribution in [3.05, 3.63) is 28.3 Å². The van der Waals surface area contributed by atoms with Gasteiger partial charge in [0.15, 0.2) is 0 Å². The zero-order chi connectivity index (χ0) is 10.8. The Morgan fingerprint density at radius 1 is 1.47 bits per heavy atom. The number of hydrogen-bond donors (Lipinski definition) is 2. The molecule has 0 fully saturated rings. The summed E-state index contributed by atoms with van der Waals surface area (Å²) in [6.07, 6.45) is 0. The van der Waals surface area contributed by atoms with Crippen LogP contribution in [0.1, 0.15) is 0 Å². The molecule has 2 rings (SSSR count). The summed E-state index contributed by atoms with van der Waals surface area (Å²) in [5.41, 5.74) is 5.86. The Bertz CT molecular complexity index is 494. The number of tetrazole rings is 1. The van der Waals surface area contributed by atoms with E-state index in [4.69, 9.17) is 5.73 Å². The van der Waals surface area contributed by atoms with Crippen LogP contribution in [0.25, 0.3) is 11.4 Å². The summed E-state index contributed by atoms with van der Waals surface area (Å²) >= 11 is 0. The van der Waals surface area contributed by atoms with Gasteiger partial charge in [0.1, 0.15) is 5.69 Å². The molecule has 1 aromatic heterocycles. The number of benzene rings is 1. The van der Waals surface area contributed by atoms with Crippen LogP contribution in [-0.2, 0) is 0 Å². The molecule has 8 heteroatoms. The van der Waals surface area contributed by atoms with Crippen LogP contribution in [0.2, 0.25) is 0 Å². The second-order valence-electron chi connectivity index (χ2n) is 2.77. The van der Waals surface area contributed by atoms with Crippen LogP contribution < -0.4 is 5.73 Å². The molecule has 1 heterocycles. The molecule has 0 aliphatic heterocycles. The van der Waals surface area contributed by atoms with Gasteiger partial charge in [-0.3, -0.25) is 10.1 Å². The first kappa shape index (κ1) is 9.06. The van der Waals surface area contributed by atoms with Gasteiger partial charge in [-0.1, -0.05) is 0 Å². The minimum absolute atomic E-state index is 0.104. The van der Waals surface area contributed by atoms with Crippen molar-refractivity contribution in [3.63, 3.8) is 0 Å². The number of hydrogen-bond acceptors (Lipinski definition) is 6. The normalized spacial score (nSPS) is 10.1. The summed E-state index contributed by atoms with van der Waals surface area (Å²) in [5.74, 6) is 0.290. The van der Waals surface area contributed by atoms with Crippen LogP contribution >= 0.6 is 0 Å². The quantitative estimate of drug-likeness (QED) is 0.415. The number of nitro benzene ring substituents is 1. The standard InChI is InChI=1S/C7H6N6O2/c8-5-2-1-4(3-6(5)13(14)15)7-9-11-12-10-7/h1-3H,8H2,(H,9,10,11,12). The molecule has 0 spiro atoms. The smallest absolute Gasteiger partial charge is 0.292 e. The average molecular weight is 206 g/mol. The van der Waals surface area contributed by atoms with E-state index in [0.717, 1.165) is 0 Å². The Hall–Kier alpha value is -2.51. The number of nitrogens with two attached hydrogens (primary N) is 1. The molecule has 0 radical (unpaired) electrons. The summed E-state index contributed by atoms with van der Waals surface area (Å²) in [4.78, 5) is 10.0. The zero-order valence-electron chi connectivity index (χ0n) is 7.41. The molecule has 1 aromatic carbocycles. The molecule has 0 aliphatic rings. The Kier molecular flexibility index (Phi) is 2.01. The van der Waals surface area contributed by atoms with Crippen molar-refractivity contribution in [1.29, 1.82) is 0 Å². The number of nitrogen functional groups attached to an aromatic ring is 1. The molecular formula is C7H6N6O2. The third kappa shape index (κ3) is 1.59. The lowest BCUT2D eigenvalue weighted by atomic mass is 10.1. The first-order valence-electron chi connectivity index (χ1n) is 3.96. The summed E-state index contributed by atoms with van der Waals surface area (Å²) in [5, 5.41) is 23.6. The highest BCUT2D eigenvalue weighted by Gasteiger charge is 2.14. The molecule has 0 bridgehead atoms. The predicted octanol–water partition coefficient (Wildman–Crippen LogP) is 0.357. The zero-order valence-corrected chi connectivity index (χ0v) is 7.41. The number of nitrogens with one attached hydrogen (secondary N) is 1. The van der Waals surface area contributed by atoms with Crippen molar-refractivity contribution in [1.82, 2.24) is 20.6 Å². The Morgan fingerprint density at radius 2 is 2.27 bits per heavy atom. The summed E-state index contributed by atoms with van der Waals surface area (Å²) in [6.45, 7) is 0. The summed E-state index contributed by atoms with van der Waals surface area (Å²) < 4.78 is 0. The topological polar surface area (TPSA) is 124 Å². The van der Waals surface area contributed by atoms with Crippen LogP contribution in [0, 0.1) is 10.1 Å². The van der Waals surface area contributed by atoms with Gasteiger partial charge in [-0.05, 0) is 17.3 Å². The van der Waals surface area contributed by atoms with Gasteiger partial charge in [0.05, 0.1) is 4.92 Å². The van der Waals surface area contributed by atoms with Crippen molar-refractivity contribution in [2.24, 2.45) is 0 Å². The van der Waals surface area contributed by atoms with Crippen molar-refractivity contribution < 1.29 is 4.92 Å². The monoisotopic (exact) mass is 206 g/mol. The van der Waals surface area contributed by atoms with E-state index in [2.05, 4.69) is 20.6 Å². The van der Waals surface area contributed by atoms with Gasteiger partial charge in [-0.2, -0.15) is 5.21 Å². The largest absolute Gasteiger partial charge is 0.393 e. The maximum absolute atomic E-state index is 10.6. The highest BCUT2D eigenvalue weighted by atomic mass is 16.6. The second-order valence-corrected chi connectivity index (χ2v) is 2.77. The first-order chi connectivity index (χ1) is 7.18. The number of aromatic amines is 1. The number of anilines is 1. The fraction of sp³-hybridized carbons (Fsp3) is 0. The Balaban J connectivity index is 2.52. The molecule has 0 saturated carbocycles. The molecule has 2 aromatic rings. The van der Waals surface area contributed by atoms with Gasteiger partial charge >= 0.3 is 0 Å². The Morgan fingerprint density at radius 3 is 2.87 bits per heavy atom. The molecule has 0 atom stereocenters. The maximum Gasteiger partial charge on any atom is 0.292 e. The van der Waals surface area contributed by atoms with Crippen molar-refractivity contribution in [3.8, 4) is 11.4 Å². The molecule has 0 saturated heterocycles. The lowest BCUT2D eigenvalue weighted by molar-refractivity contribution is -0.383. The van der Waals surface area contributed by atoms with E-state index in [1.165, 1.54) is 12.1 Å². The van der Waals surface area contributed by atoms with Crippen LogP contribution in [0.3, 0.4) is 0 Å². The molecule has 15 heavy (non-hydrogen) atoms. The van der Waals surface area contributed by atoms with Gasteiger partial charge in [-0.15, -0.1) is 10.2 Å². The summed E-state index contributed by atoms with van der Waals surface area (Å²) in [7, 11) is 0. The minimum Gasteiger partial charge on any atom is -0.393 e. The number of rotatable bonds is 2. The van der Waals surface area contributed by atoms with Crippen molar-refractivity contribution in [2.75, 3.05) is 5.73 Å². The number of aromatic nitrogens is 4. The SMILES string of the molecule is Nc1ccc(-c2nn[nH]n2)cc1[N+](=O)[O-]. The van der Waals surface area contributed by atoms with E-state index < -0.39 is 4.92 Å². The first-order valence-corrected chi connectivity index (χ1v) is 3.96. The maximum atomic E-state index is 10.6. The van der Waals surface area contributed by atoms with Crippen LogP contribution in [0.4, 0.5) is 11.4 Å². The lowest BCUT2D eigenvalue weighted by Crippen LogP contribution is -1.96. The van der Waals surface area contributed by atoms with Crippen LogP contribution in [0.15, 0.2) is 18.2 Å². The molecule has 0 unspecified atom stereocenters. The lowest BCUT2D eigenvalue weighted by Gasteiger charge is -1.98. The van der Waals surface area contributed by atoms with E-state index in [1.54, 1.807) is 6.07 Å². The van der Waals surface area contributed by atoms with Crippen molar-refractivity contribution in [2.45, 2.75) is 0 Å². The van der Waals surface area contributed by atoms with Gasteiger partial charge in [-0.25, -0.2) is 0 Å². The second kappa shape index (κ2) is 3.33. The molecule has 8 nitrogen and oxygen atoms in total. The number of nitro groups is 1. The predicted molar refractivity (Wildman–Crippen MR) is 50.7 cm³/mol. The third-order valence-corrected chi connectivity index (χ3v) is 1.83. The third-order valence-electron chi connectivity index (χ3n) is 1.83. The van der Waals surface area contributed by atoms with Gasteiger partial charge in [0.2, 0.25) is 5.82 Å². The van der Waals surface area contributed by atoms with Gasteiger partial charge in [0.25, 0.3) is 5.69 Å². The van der Waals surface area contributed by atoms with Gasteiger partial charge < -0.3 is 5.73 Å². The van der Waals surface area contributed by atoms with Crippen LogP contribution in [-0.4, -0.2) is 25.5 Å². The molecular weight excluding hydrogens is 200 g/mol. The fourth-order valence-electron chi connectivity index (χ4n) is 1.12. The van der Waals surface area contributed by atoms with Crippen LogP contribution in [0.5, 0.6) is 0 Å². The Labute approximate surface area is 83.3 Å².